The first-order valence-corrected chi connectivity index (χ1v) is 10.8. The number of fused-ring (bicyclic) bond motifs is 1. The minimum Gasteiger partial charge on any atom is -0.493 e. The van der Waals surface area contributed by atoms with E-state index in [1.165, 1.54) is 26.0 Å². The summed E-state index contributed by atoms with van der Waals surface area (Å²) in [6.45, 7) is 1.92. The number of ether oxygens (including phenoxy) is 3. The Balaban J connectivity index is 1.70. The highest BCUT2D eigenvalue weighted by Gasteiger charge is 2.21. The number of aromatic nitrogens is 4. The molecule has 5 rings (SSSR count). The molecule has 9 nitrogen and oxygen atoms in total. The van der Waals surface area contributed by atoms with Crippen molar-refractivity contribution in [3.05, 3.63) is 76.6 Å². The van der Waals surface area contributed by atoms with E-state index in [0.717, 1.165) is 5.56 Å². The van der Waals surface area contributed by atoms with Gasteiger partial charge in [0.15, 0.2) is 17.2 Å². The summed E-state index contributed by atoms with van der Waals surface area (Å²) in [5.74, 6) is 1.86. The lowest BCUT2D eigenvalue weighted by Gasteiger charge is -2.12. The summed E-state index contributed by atoms with van der Waals surface area (Å²) in [5, 5.41) is 9.90. The van der Waals surface area contributed by atoms with Crippen molar-refractivity contribution < 1.29 is 18.7 Å². The Kier molecular flexibility index (Phi) is 5.66. The summed E-state index contributed by atoms with van der Waals surface area (Å²) in [6, 6.07) is 18.2. The van der Waals surface area contributed by atoms with E-state index in [1.807, 2.05) is 49.4 Å². The van der Waals surface area contributed by atoms with Gasteiger partial charge in [0.25, 0.3) is 11.4 Å². The molecule has 0 fully saturated rings. The van der Waals surface area contributed by atoms with Crippen LogP contribution >= 0.6 is 0 Å². The first-order valence-electron chi connectivity index (χ1n) is 10.8. The van der Waals surface area contributed by atoms with E-state index < -0.39 is 0 Å². The number of aryl methyl sites for hydroxylation is 1. The van der Waals surface area contributed by atoms with Gasteiger partial charge in [-0.25, -0.2) is 0 Å². The molecule has 0 aliphatic carbocycles. The molecule has 9 heteroatoms. The highest BCUT2D eigenvalue weighted by atomic mass is 16.5. The molecule has 176 valence electrons. The number of para-hydroxylation sites is 1. The normalized spacial score (nSPS) is 11.0. The van der Waals surface area contributed by atoms with Gasteiger partial charge in [-0.05, 0) is 36.8 Å². The second-order valence-electron chi connectivity index (χ2n) is 7.73. The van der Waals surface area contributed by atoms with E-state index in [0.29, 0.717) is 50.8 Å². The van der Waals surface area contributed by atoms with Crippen LogP contribution in [-0.4, -0.2) is 41.3 Å². The van der Waals surface area contributed by atoms with Gasteiger partial charge in [-0.1, -0.05) is 41.6 Å². The first kappa shape index (κ1) is 22.1. The van der Waals surface area contributed by atoms with Gasteiger partial charge in [-0.15, -0.1) is 0 Å². The van der Waals surface area contributed by atoms with Crippen molar-refractivity contribution in [2.75, 3.05) is 21.3 Å². The molecule has 0 N–H and O–H groups in total. The standard InChI is InChI=1S/C26H22N4O5/c1-15-9-5-8-12-19(15)30-26(31)18-11-7-6-10-17(18)22(28-30)25-27-24(29-35-25)16-13-20(32-2)23(34-4)21(14-16)33-3/h5-14H,1-4H3. The number of benzene rings is 3. The van der Waals surface area contributed by atoms with E-state index in [-0.39, 0.29) is 11.4 Å². The Hall–Kier alpha value is -4.66. The molecule has 0 unspecified atom stereocenters. The molecule has 0 spiro atoms. The van der Waals surface area contributed by atoms with Crippen molar-refractivity contribution in [3.8, 4) is 45.9 Å². The fourth-order valence-electron chi connectivity index (χ4n) is 3.96. The molecule has 0 atom stereocenters. The number of hydrogen-bond acceptors (Lipinski definition) is 8. The summed E-state index contributed by atoms with van der Waals surface area (Å²) in [4.78, 5) is 17.9. The number of hydrogen-bond donors (Lipinski definition) is 0. The molecule has 3 aromatic carbocycles. The van der Waals surface area contributed by atoms with E-state index >= 15 is 0 Å². The fraction of sp³-hybridized carbons (Fsp3) is 0.154. The molecular formula is C26H22N4O5. The fourth-order valence-corrected chi connectivity index (χ4v) is 3.96. The molecule has 0 amide bonds. The van der Waals surface area contributed by atoms with Gasteiger partial charge < -0.3 is 18.7 Å². The van der Waals surface area contributed by atoms with Crippen LogP contribution in [-0.2, 0) is 0 Å². The summed E-state index contributed by atoms with van der Waals surface area (Å²) < 4.78 is 23.3. The molecular weight excluding hydrogens is 448 g/mol. The van der Waals surface area contributed by atoms with Crippen molar-refractivity contribution in [2.24, 2.45) is 0 Å². The minimum absolute atomic E-state index is 0.173. The number of methoxy groups -OCH3 is 3. The Morgan fingerprint density at radius 1 is 0.857 bits per heavy atom. The van der Waals surface area contributed by atoms with E-state index in [9.17, 15) is 4.79 Å². The van der Waals surface area contributed by atoms with E-state index in [1.54, 1.807) is 18.2 Å². The predicted octanol–water partition coefficient (Wildman–Crippen LogP) is 4.44. The lowest BCUT2D eigenvalue weighted by Crippen LogP contribution is -2.23. The van der Waals surface area contributed by atoms with Gasteiger partial charge in [-0.3, -0.25) is 4.79 Å². The molecule has 0 aliphatic heterocycles. The SMILES string of the molecule is COc1cc(-c2noc(-c3nn(-c4ccccc4C)c(=O)c4ccccc34)n2)cc(OC)c1OC. The topological polar surface area (TPSA) is 102 Å². The molecule has 0 bridgehead atoms. The molecule has 35 heavy (non-hydrogen) atoms. The van der Waals surface area contributed by atoms with Crippen molar-refractivity contribution in [1.29, 1.82) is 0 Å². The molecule has 0 radical (unpaired) electrons. The minimum atomic E-state index is -0.233. The maximum absolute atomic E-state index is 13.3. The molecule has 5 aromatic rings. The second-order valence-corrected chi connectivity index (χ2v) is 7.73. The van der Waals surface area contributed by atoms with Crippen LogP contribution in [0.3, 0.4) is 0 Å². The maximum atomic E-state index is 13.3. The molecule has 2 heterocycles. The zero-order valence-corrected chi connectivity index (χ0v) is 19.6. The summed E-state index contributed by atoms with van der Waals surface area (Å²) in [5.41, 5.74) is 2.35. The lowest BCUT2D eigenvalue weighted by molar-refractivity contribution is 0.324. The zero-order valence-electron chi connectivity index (χ0n) is 19.6. The van der Waals surface area contributed by atoms with Crippen molar-refractivity contribution >= 4 is 10.8 Å². The van der Waals surface area contributed by atoms with Crippen LogP contribution in [0.1, 0.15) is 5.56 Å². The third kappa shape index (κ3) is 3.76. The number of nitrogens with zero attached hydrogens (tertiary/aromatic N) is 4. The average molecular weight is 470 g/mol. The van der Waals surface area contributed by atoms with Gasteiger partial charge in [0.1, 0.15) is 0 Å². The van der Waals surface area contributed by atoms with Crippen LogP contribution in [0.2, 0.25) is 0 Å². The maximum Gasteiger partial charge on any atom is 0.279 e. The Bertz CT molecular complexity index is 1580. The van der Waals surface area contributed by atoms with Crippen LogP contribution in [0.4, 0.5) is 0 Å². The second kappa shape index (κ2) is 8.94. The summed E-state index contributed by atoms with van der Waals surface area (Å²) >= 11 is 0. The lowest BCUT2D eigenvalue weighted by atomic mass is 10.1. The van der Waals surface area contributed by atoms with Gasteiger partial charge in [-0.2, -0.15) is 14.8 Å². The monoisotopic (exact) mass is 470 g/mol. The summed E-state index contributed by atoms with van der Waals surface area (Å²) in [6.07, 6.45) is 0. The number of rotatable bonds is 6. The van der Waals surface area contributed by atoms with Gasteiger partial charge in [0, 0.05) is 10.9 Å². The smallest absolute Gasteiger partial charge is 0.279 e. The molecule has 0 aliphatic rings. The average Bonchev–Trinajstić information content (AvgIpc) is 3.39. The van der Waals surface area contributed by atoms with Crippen LogP contribution in [0.15, 0.2) is 70.0 Å². The molecule has 2 aromatic heterocycles. The van der Waals surface area contributed by atoms with Crippen LogP contribution in [0.25, 0.3) is 39.4 Å². The third-order valence-electron chi connectivity index (χ3n) is 5.70. The van der Waals surface area contributed by atoms with Gasteiger partial charge in [0.2, 0.25) is 11.6 Å². The summed E-state index contributed by atoms with van der Waals surface area (Å²) in [7, 11) is 4.60. The Morgan fingerprint density at radius 3 is 2.17 bits per heavy atom. The van der Waals surface area contributed by atoms with Crippen LogP contribution in [0, 0.1) is 6.92 Å². The largest absolute Gasteiger partial charge is 0.493 e. The quantitative estimate of drug-likeness (QED) is 0.359. The van der Waals surface area contributed by atoms with Crippen molar-refractivity contribution in [1.82, 2.24) is 19.9 Å². The molecule has 0 saturated carbocycles. The first-order chi connectivity index (χ1) is 17.0. The van der Waals surface area contributed by atoms with Crippen molar-refractivity contribution in [3.63, 3.8) is 0 Å². The Labute approximate surface area is 200 Å². The highest BCUT2D eigenvalue weighted by molar-refractivity contribution is 5.92. The zero-order chi connectivity index (χ0) is 24.5. The highest BCUT2D eigenvalue weighted by Crippen LogP contribution is 2.41. The Morgan fingerprint density at radius 2 is 1.51 bits per heavy atom. The molecule has 0 saturated heterocycles. The van der Waals surface area contributed by atoms with Crippen LogP contribution in [0.5, 0.6) is 17.2 Å². The van der Waals surface area contributed by atoms with Gasteiger partial charge in [0.05, 0.1) is 32.4 Å². The van der Waals surface area contributed by atoms with E-state index in [2.05, 4.69) is 15.2 Å². The van der Waals surface area contributed by atoms with Crippen LogP contribution < -0.4 is 19.8 Å². The third-order valence-corrected chi connectivity index (χ3v) is 5.70. The van der Waals surface area contributed by atoms with Gasteiger partial charge >= 0.3 is 0 Å². The predicted molar refractivity (Wildman–Crippen MR) is 130 cm³/mol. The van der Waals surface area contributed by atoms with E-state index in [4.69, 9.17) is 18.7 Å². The van der Waals surface area contributed by atoms with Crippen molar-refractivity contribution in [2.45, 2.75) is 6.92 Å².